The van der Waals surface area contributed by atoms with Crippen molar-refractivity contribution in [3.8, 4) is 0 Å². The van der Waals surface area contributed by atoms with E-state index in [2.05, 4.69) is 25.7 Å². The Labute approximate surface area is 75.6 Å². The highest BCUT2D eigenvalue weighted by Crippen LogP contribution is 2.19. The minimum atomic E-state index is -0.104. The lowest BCUT2D eigenvalue weighted by atomic mass is 9.95. The Balaban J connectivity index is 2.39. The predicted molar refractivity (Wildman–Crippen MR) is 51.1 cm³/mol. The average molecular weight is 171 g/mol. The van der Waals surface area contributed by atoms with Gasteiger partial charge in [-0.1, -0.05) is 13.8 Å². The summed E-state index contributed by atoms with van der Waals surface area (Å²) in [7, 11) is 0. The van der Waals surface area contributed by atoms with E-state index in [0.29, 0.717) is 12.0 Å². The number of nitrogens with zero attached hydrogens (tertiary/aromatic N) is 1. The third-order valence-electron chi connectivity index (χ3n) is 3.16. The highest BCUT2D eigenvalue weighted by molar-refractivity contribution is 4.79. The number of likely N-dealkylation sites (tertiary alicyclic amines) is 1. The van der Waals surface area contributed by atoms with Crippen molar-refractivity contribution in [1.29, 1.82) is 0 Å². The van der Waals surface area contributed by atoms with E-state index in [0.717, 1.165) is 19.5 Å². The van der Waals surface area contributed by atoms with Gasteiger partial charge in [-0.3, -0.25) is 4.90 Å². The van der Waals surface area contributed by atoms with E-state index in [1.807, 2.05) is 0 Å². The van der Waals surface area contributed by atoms with Crippen LogP contribution in [0, 0.1) is 5.92 Å². The van der Waals surface area contributed by atoms with E-state index < -0.39 is 0 Å². The zero-order chi connectivity index (χ0) is 9.14. The van der Waals surface area contributed by atoms with Gasteiger partial charge in [0.25, 0.3) is 0 Å². The summed E-state index contributed by atoms with van der Waals surface area (Å²) in [6.07, 6.45) is 2.22. The number of aliphatic hydroxyl groups excluding tert-OH is 1. The van der Waals surface area contributed by atoms with Crippen molar-refractivity contribution in [3.63, 3.8) is 0 Å². The van der Waals surface area contributed by atoms with Crippen LogP contribution in [0.5, 0.6) is 0 Å². The molecule has 2 nitrogen and oxygen atoms in total. The van der Waals surface area contributed by atoms with Crippen LogP contribution in [0.1, 0.15) is 33.6 Å². The first-order valence-electron chi connectivity index (χ1n) is 5.07. The molecule has 3 atom stereocenters. The fraction of sp³-hybridized carbons (Fsp3) is 1.00. The van der Waals surface area contributed by atoms with Gasteiger partial charge >= 0.3 is 0 Å². The normalized spacial score (nSPS) is 35.0. The van der Waals surface area contributed by atoms with E-state index in [4.69, 9.17) is 0 Å². The molecule has 72 valence electrons. The molecule has 0 radical (unpaired) electrons. The third-order valence-corrected chi connectivity index (χ3v) is 3.16. The van der Waals surface area contributed by atoms with Crippen molar-refractivity contribution >= 4 is 0 Å². The van der Waals surface area contributed by atoms with Gasteiger partial charge in [0.1, 0.15) is 0 Å². The highest BCUT2D eigenvalue weighted by atomic mass is 16.3. The van der Waals surface area contributed by atoms with Gasteiger partial charge < -0.3 is 5.11 Å². The number of rotatable bonds is 2. The summed E-state index contributed by atoms with van der Waals surface area (Å²) >= 11 is 0. The zero-order valence-electron chi connectivity index (χ0n) is 8.45. The molecule has 0 aromatic rings. The van der Waals surface area contributed by atoms with Crippen LogP contribution >= 0.6 is 0 Å². The van der Waals surface area contributed by atoms with Crippen molar-refractivity contribution in [2.45, 2.75) is 45.8 Å². The van der Waals surface area contributed by atoms with Crippen LogP contribution in [-0.4, -0.2) is 35.2 Å². The molecule has 1 aliphatic heterocycles. The molecular weight excluding hydrogens is 150 g/mol. The molecule has 3 unspecified atom stereocenters. The third kappa shape index (κ3) is 2.20. The van der Waals surface area contributed by atoms with Crippen molar-refractivity contribution in [1.82, 2.24) is 4.90 Å². The van der Waals surface area contributed by atoms with Crippen molar-refractivity contribution < 1.29 is 5.11 Å². The highest BCUT2D eigenvalue weighted by Gasteiger charge is 2.25. The Bertz CT molecular complexity index is 138. The van der Waals surface area contributed by atoms with Gasteiger partial charge in [0.2, 0.25) is 0 Å². The smallest absolute Gasteiger partial charge is 0.0693 e. The molecule has 1 aliphatic rings. The van der Waals surface area contributed by atoms with Gasteiger partial charge in [-0.25, -0.2) is 0 Å². The maximum absolute atomic E-state index is 9.65. The molecular formula is C10H21NO. The monoisotopic (exact) mass is 171 g/mol. The molecule has 1 heterocycles. The first-order valence-corrected chi connectivity index (χ1v) is 5.07. The van der Waals surface area contributed by atoms with E-state index in [9.17, 15) is 5.11 Å². The second-order valence-electron chi connectivity index (χ2n) is 4.09. The van der Waals surface area contributed by atoms with E-state index >= 15 is 0 Å². The largest absolute Gasteiger partial charge is 0.392 e. The fourth-order valence-corrected chi connectivity index (χ4v) is 1.73. The number of piperidine rings is 1. The van der Waals surface area contributed by atoms with Crippen LogP contribution in [-0.2, 0) is 0 Å². The SMILES string of the molecule is CCC(C)N1CCC(C)C(O)C1. The molecule has 1 fully saturated rings. The van der Waals surface area contributed by atoms with Gasteiger partial charge in [-0.2, -0.15) is 0 Å². The van der Waals surface area contributed by atoms with E-state index in [-0.39, 0.29) is 6.10 Å². The molecule has 0 aromatic carbocycles. The van der Waals surface area contributed by atoms with Crippen molar-refractivity contribution in [3.05, 3.63) is 0 Å². The minimum Gasteiger partial charge on any atom is -0.392 e. The Morgan fingerprint density at radius 2 is 2.25 bits per heavy atom. The quantitative estimate of drug-likeness (QED) is 0.680. The predicted octanol–water partition coefficient (Wildman–Crippen LogP) is 1.49. The Hall–Kier alpha value is -0.0800. The fourth-order valence-electron chi connectivity index (χ4n) is 1.73. The molecule has 1 saturated heterocycles. The molecule has 1 N–H and O–H groups in total. The van der Waals surface area contributed by atoms with Gasteiger partial charge in [0.05, 0.1) is 6.10 Å². The van der Waals surface area contributed by atoms with Crippen molar-refractivity contribution in [2.75, 3.05) is 13.1 Å². The van der Waals surface area contributed by atoms with Crippen molar-refractivity contribution in [2.24, 2.45) is 5.92 Å². The topological polar surface area (TPSA) is 23.5 Å². The van der Waals surface area contributed by atoms with Crippen LogP contribution in [0.3, 0.4) is 0 Å². The second-order valence-corrected chi connectivity index (χ2v) is 4.09. The van der Waals surface area contributed by atoms with Crippen LogP contribution < -0.4 is 0 Å². The Morgan fingerprint density at radius 3 is 2.75 bits per heavy atom. The lowest BCUT2D eigenvalue weighted by molar-refractivity contribution is 0.0127. The summed E-state index contributed by atoms with van der Waals surface area (Å²) in [5.74, 6) is 0.491. The minimum absolute atomic E-state index is 0.104. The van der Waals surface area contributed by atoms with Crippen LogP contribution in [0.4, 0.5) is 0 Å². The Morgan fingerprint density at radius 1 is 1.58 bits per heavy atom. The molecule has 0 spiro atoms. The molecule has 0 bridgehead atoms. The summed E-state index contributed by atoms with van der Waals surface area (Å²) in [5.41, 5.74) is 0. The van der Waals surface area contributed by atoms with Crippen LogP contribution in [0.2, 0.25) is 0 Å². The second kappa shape index (κ2) is 4.24. The van der Waals surface area contributed by atoms with Gasteiger partial charge in [0, 0.05) is 12.6 Å². The first kappa shape index (κ1) is 10.0. The number of β-amino-alcohol motifs (C(OH)–C–C–N with tert-alkyl or cyclic N) is 1. The molecule has 2 heteroatoms. The standard InChI is InChI=1S/C10H21NO/c1-4-9(3)11-6-5-8(2)10(12)7-11/h8-10,12H,4-7H2,1-3H3. The average Bonchev–Trinajstić information content (AvgIpc) is 2.08. The van der Waals surface area contributed by atoms with E-state index in [1.54, 1.807) is 0 Å². The lowest BCUT2D eigenvalue weighted by Crippen LogP contribution is -2.46. The van der Waals surface area contributed by atoms with Gasteiger partial charge in [0.15, 0.2) is 0 Å². The lowest BCUT2D eigenvalue weighted by Gasteiger charge is -2.37. The van der Waals surface area contributed by atoms with E-state index in [1.165, 1.54) is 6.42 Å². The summed E-state index contributed by atoms with van der Waals surface area (Å²) in [4.78, 5) is 2.39. The van der Waals surface area contributed by atoms with Crippen LogP contribution in [0.15, 0.2) is 0 Å². The summed E-state index contributed by atoms with van der Waals surface area (Å²) in [6, 6.07) is 0.632. The number of hydrogen-bond donors (Lipinski definition) is 1. The summed E-state index contributed by atoms with van der Waals surface area (Å²) in [5, 5.41) is 9.65. The molecule has 0 saturated carbocycles. The van der Waals surface area contributed by atoms with Crippen LogP contribution in [0.25, 0.3) is 0 Å². The summed E-state index contributed by atoms with van der Waals surface area (Å²) < 4.78 is 0. The zero-order valence-corrected chi connectivity index (χ0v) is 8.45. The molecule has 0 aromatic heterocycles. The summed E-state index contributed by atoms with van der Waals surface area (Å²) in [6.45, 7) is 8.61. The molecule has 0 amide bonds. The number of hydrogen-bond acceptors (Lipinski definition) is 2. The first-order chi connectivity index (χ1) is 5.65. The molecule has 1 rings (SSSR count). The number of aliphatic hydroxyl groups is 1. The molecule has 0 aliphatic carbocycles. The van der Waals surface area contributed by atoms with Gasteiger partial charge in [-0.15, -0.1) is 0 Å². The molecule has 12 heavy (non-hydrogen) atoms. The maximum atomic E-state index is 9.65. The maximum Gasteiger partial charge on any atom is 0.0693 e. The Kier molecular flexibility index (Phi) is 3.53. The van der Waals surface area contributed by atoms with Gasteiger partial charge in [-0.05, 0) is 32.2 Å².